The van der Waals surface area contributed by atoms with Gasteiger partial charge < -0.3 is 9.84 Å². The van der Waals surface area contributed by atoms with E-state index in [1.165, 1.54) is 6.26 Å². The Morgan fingerprint density at radius 1 is 1.45 bits per heavy atom. The van der Waals surface area contributed by atoms with Crippen LogP contribution in [0.3, 0.4) is 0 Å². The van der Waals surface area contributed by atoms with Gasteiger partial charge in [0.1, 0.15) is 6.61 Å². The summed E-state index contributed by atoms with van der Waals surface area (Å²) in [4.78, 5) is 0. The zero-order chi connectivity index (χ0) is 8.36. The maximum Gasteiger partial charge on any atom is 0.105 e. The van der Waals surface area contributed by atoms with Crippen molar-refractivity contribution in [1.29, 1.82) is 0 Å². The Bertz CT molecular complexity index is 219. The summed E-state index contributed by atoms with van der Waals surface area (Å²) in [5.41, 5.74) is 0. The van der Waals surface area contributed by atoms with Crippen molar-refractivity contribution in [3.63, 3.8) is 0 Å². The van der Waals surface area contributed by atoms with Crippen molar-refractivity contribution in [2.24, 2.45) is 0 Å². The van der Waals surface area contributed by atoms with E-state index in [1.807, 2.05) is 6.92 Å². The zero-order valence-corrected chi connectivity index (χ0v) is 6.42. The Morgan fingerprint density at radius 3 is 2.91 bits per heavy atom. The van der Waals surface area contributed by atoms with Gasteiger partial charge in [0.15, 0.2) is 0 Å². The molecular formula is C9H10O2. The van der Waals surface area contributed by atoms with Crippen LogP contribution in [0.4, 0.5) is 0 Å². The predicted octanol–water partition coefficient (Wildman–Crippen LogP) is 0.536. The molecule has 0 aliphatic carbocycles. The minimum Gasteiger partial charge on any atom is -0.501 e. The fourth-order valence-corrected chi connectivity index (χ4v) is 0.340. The van der Waals surface area contributed by atoms with Crippen LogP contribution in [0.15, 0.2) is 12.3 Å². The smallest absolute Gasteiger partial charge is 0.105 e. The number of hydrogen-bond donors (Lipinski definition) is 1. The van der Waals surface area contributed by atoms with E-state index < -0.39 is 0 Å². The molecule has 0 saturated carbocycles. The highest BCUT2D eigenvalue weighted by Gasteiger charge is 1.64. The van der Waals surface area contributed by atoms with Gasteiger partial charge in [0.05, 0.1) is 12.9 Å². The van der Waals surface area contributed by atoms with Gasteiger partial charge in [-0.2, -0.15) is 0 Å². The molecule has 2 heteroatoms. The number of allylic oxidation sites excluding steroid dienone is 1. The highest BCUT2D eigenvalue weighted by atomic mass is 16.5. The second-order valence-electron chi connectivity index (χ2n) is 1.49. The van der Waals surface area contributed by atoms with Crippen molar-refractivity contribution in [2.45, 2.75) is 6.92 Å². The molecule has 0 spiro atoms. The normalized spacial score (nSPS) is 7.82. The molecule has 1 N–H and O–H groups in total. The van der Waals surface area contributed by atoms with Crippen LogP contribution in [-0.4, -0.2) is 18.3 Å². The first-order valence-electron chi connectivity index (χ1n) is 3.27. The van der Waals surface area contributed by atoms with E-state index in [0.717, 1.165) is 0 Å². The molecule has 0 radical (unpaired) electrons. The zero-order valence-electron chi connectivity index (χ0n) is 6.42. The molecule has 0 aliphatic rings. The van der Waals surface area contributed by atoms with Crippen LogP contribution in [0.25, 0.3) is 0 Å². The van der Waals surface area contributed by atoms with Gasteiger partial charge >= 0.3 is 0 Å². The summed E-state index contributed by atoms with van der Waals surface area (Å²) in [6.07, 6.45) is 3.07. The van der Waals surface area contributed by atoms with E-state index in [0.29, 0.717) is 6.61 Å². The molecule has 0 amide bonds. The summed E-state index contributed by atoms with van der Waals surface area (Å²) in [5, 5.41) is 8.22. The van der Waals surface area contributed by atoms with E-state index in [4.69, 9.17) is 9.84 Å². The summed E-state index contributed by atoms with van der Waals surface area (Å²) in [6, 6.07) is 0. The molecule has 11 heavy (non-hydrogen) atoms. The van der Waals surface area contributed by atoms with Crippen LogP contribution < -0.4 is 0 Å². The third kappa shape index (κ3) is 8.62. The van der Waals surface area contributed by atoms with Crippen LogP contribution in [0.1, 0.15) is 6.92 Å². The van der Waals surface area contributed by atoms with Gasteiger partial charge in [-0.1, -0.05) is 11.8 Å². The SMILES string of the molecule is CCO/C=C/C#CC#CCO. The molecule has 0 fully saturated rings. The number of hydrogen-bond acceptors (Lipinski definition) is 2. The van der Waals surface area contributed by atoms with E-state index in [9.17, 15) is 0 Å². The lowest BCUT2D eigenvalue weighted by molar-refractivity contribution is 0.269. The Balaban J connectivity index is 3.54. The van der Waals surface area contributed by atoms with Crippen molar-refractivity contribution >= 4 is 0 Å². The minimum absolute atomic E-state index is 0.149. The first kappa shape index (κ1) is 9.62. The van der Waals surface area contributed by atoms with Crippen molar-refractivity contribution < 1.29 is 9.84 Å². The molecule has 0 aliphatic heterocycles. The van der Waals surface area contributed by atoms with Crippen LogP contribution in [0.2, 0.25) is 0 Å². The third-order valence-corrected chi connectivity index (χ3v) is 0.716. The molecule has 0 aromatic rings. The Hall–Kier alpha value is -1.38. The van der Waals surface area contributed by atoms with E-state index in [2.05, 4.69) is 23.7 Å². The second kappa shape index (κ2) is 8.62. The highest BCUT2D eigenvalue weighted by molar-refractivity contribution is 5.30. The standard InChI is InChI=1S/C9H10O2/c1-2-11-9-7-5-3-4-6-8-10/h7,9-10H,2,8H2,1H3/b9-7+. The van der Waals surface area contributed by atoms with Gasteiger partial charge in [-0.3, -0.25) is 0 Å². The maximum absolute atomic E-state index is 8.22. The second-order valence-corrected chi connectivity index (χ2v) is 1.49. The number of rotatable bonds is 2. The fraction of sp³-hybridized carbons (Fsp3) is 0.333. The monoisotopic (exact) mass is 150 g/mol. The molecule has 0 heterocycles. The van der Waals surface area contributed by atoms with Gasteiger partial charge in [0.25, 0.3) is 0 Å². The lowest BCUT2D eigenvalue weighted by atomic mass is 10.5. The Kier molecular flexibility index (Phi) is 7.54. The summed E-state index contributed by atoms with van der Waals surface area (Å²) in [5.74, 6) is 9.96. The van der Waals surface area contributed by atoms with Crippen molar-refractivity contribution in [3.05, 3.63) is 12.3 Å². The first-order valence-corrected chi connectivity index (χ1v) is 3.27. The van der Waals surface area contributed by atoms with Crippen molar-refractivity contribution in [2.75, 3.05) is 13.2 Å². The summed E-state index contributed by atoms with van der Waals surface area (Å²) >= 11 is 0. The lowest BCUT2D eigenvalue weighted by Crippen LogP contribution is -1.74. The topological polar surface area (TPSA) is 29.5 Å². The number of aliphatic hydroxyl groups is 1. The maximum atomic E-state index is 8.22. The van der Waals surface area contributed by atoms with Crippen LogP contribution in [0, 0.1) is 23.7 Å². The van der Waals surface area contributed by atoms with Gasteiger partial charge in [-0.25, -0.2) is 0 Å². The van der Waals surface area contributed by atoms with E-state index in [1.54, 1.807) is 6.08 Å². The van der Waals surface area contributed by atoms with Crippen LogP contribution >= 0.6 is 0 Å². The molecule has 0 atom stereocenters. The molecule has 0 aromatic carbocycles. The van der Waals surface area contributed by atoms with Gasteiger partial charge in [0, 0.05) is 6.08 Å². The number of ether oxygens (including phenoxy) is 1. The largest absolute Gasteiger partial charge is 0.501 e. The van der Waals surface area contributed by atoms with E-state index in [-0.39, 0.29) is 6.61 Å². The summed E-state index contributed by atoms with van der Waals surface area (Å²) in [7, 11) is 0. The molecule has 2 nitrogen and oxygen atoms in total. The third-order valence-electron chi connectivity index (χ3n) is 0.716. The molecule has 0 aromatic heterocycles. The summed E-state index contributed by atoms with van der Waals surface area (Å²) in [6.45, 7) is 2.38. The number of aliphatic hydroxyl groups excluding tert-OH is 1. The minimum atomic E-state index is -0.149. The Morgan fingerprint density at radius 2 is 2.27 bits per heavy atom. The highest BCUT2D eigenvalue weighted by Crippen LogP contribution is 1.73. The predicted molar refractivity (Wildman–Crippen MR) is 43.4 cm³/mol. The van der Waals surface area contributed by atoms with Crippen molar-refractivity contribution in [1.82, 2.24) is 0 Å². The average molecular weight is 150 g/mol. The van der Waals surface area contributed by atoms with Gasteiger partial charge in [-0.05, 0) is 18.8 Å². The van der Waals surface area contributed by atoms with Crippen molar-refractivity contribution in [3.8, 4) is 23.7 Å². The van der Waals surface area contributed by atoms with Gasteiger partial charge in [0.2, 0.25) is 0 Å². The molecule has 58 valence electrons. The first-order chi connectivity index (χ1) is 5.41. The molecule has 0 rings (SSSR count). The Labute approximate surface area is 66.9 Å². The molecular weight excluding hydrogens is 140 g/mol. The quantitative estimate of drug-likeness (QED) is 0.459. The van der Waals surface area contributed by atoms with E-state index >= 15 is 0 Å². The summed E-state index contributed by atoms with van der Waals surface area (Å²) < 4.78 is 4.86. The van der Waals surface area contributed by atoms with Crippen LogP contribution in [0.5, 0.6) is 0 Å². The fourth-order valence-electron chi connectivity index (χ4n) is 0.340. The molecule has 0 saturated heterocycles. The molecule has 0 bridgehead atoms. The van der Waals surface area contributed by atoms with Crippen LogP contribution in [-0.2, 0) is 4.74 Å². The van der Waals surface area contributed by atoms with Gasteiger partial charge in [-0.15, -0.1) is 0 Å². The molecule has 0 unspecified atom stereocenters. The lowest BCUT2D eigenvalue weighted by Gasteiger charge is -1.86. The average Bonchev–Trinajstić information content (AvgIpc) is 2.03.